The van der Waals surface area contributed by atoms with E-state index in [4.69, 9.17) is 4.18 Å². The Labute approximate surface area is 97.6 Å². The highest BCUT2D eigenvalue weighted by Gasteiger charge is 2.21. The lowest BCUT2D eigenvalue weighted by Gasteiger charge is -2.18. The summed E-state index contributed by atoms with van der Waals surface area (Å²) in [6.07, 6.45) is 0.598. The highest BCUT2D eigenvalue weighted by Crippen LogP contribution is 2.18. The van der Waals surface area contributed by atoms with Crippen LogP contribution in [0.1, 0.15) is 27.2 Å². The predicted molar refractivity (Wildman–Crippen MR) is 63.6 cm³/mol. The number of benzene rings is 1. The van der Waals surface area contributed by atoms with E-state index in [1.165, 1.54) is 0 Å². The quantitative estimate of drug-likeness (QED) is 0.746. The molecule has 0 fully saturated rings. The molecule has 0 aliphatic rings. The molecule has 0 saturated heterocycles. The Morgan fingerprint density at radius 1 is 1.19 bits per heavy atom. The molecule has 1 aromatic carbocycles. The van der Waals surface area contributed by atoms with Crippen molar-refractivity contribution in [2.75, 3.05) is 0 Å². The first-order valence-corrected chi connectivity index (χ1v) is 6.86. The van der Waals surface area contributed by atoms with E-state index in [1.54, 1.807) is 37.3 Å². The summed E-state index contributed by atoms with van der Waals surface area (Å²) in [6, 6.07) is 8.22. The lowest BCUT2D eigenvalue weighted by Crippen LogP contribution is -2.21. The molecule has 1 rings (SSSR count). The summed E-state index contributed by atoms with van der Waals surface area (Å²) in [5.74, 6) is 0.221. The highest BCUT2D eigenvalue weighted by molar-refractivity contribution is 7.86. The second kappa shape index (κ2) is 5.46. The van der Waals surface area contributed by atoms with Crippen LogP contribution in [0.5, 0.6) is 0 Å². The third-order valence-corrected chi connectivity index (χ3v) is 4.16. The molecule has 0 aliphatic heterocycles. The molecule has 0 bridgehead atoms. The van der Waals surface area contributed by atoms with Crippen LogP contribution >= 0.6 is 0 Å². The maximum Gasteiger partial charge on any atom is 0.297 e. The zero-order valence-corrected chi connectivity index (χ0v) is 10.7. The van der Waals surface area contributed by atoms with E-state index in [0.717, 1.165) is 6.42 Å². The standard InChI is InChI=1S/C12H18O3S/c1-4-10(2)11(3)15-16(13,14)12-8-6-5-7-9-12/h5-11H,4H2,1-3H3. The van der Waals surface area contributed by atoms with Crippen LogP contribution in [0.4, 0.5) is 0 Å². The zero-order chi connectivity index (χ0) is 12.2. The first-order valence-electron chi connectivity index (χ1n) is 5.45. The van der Waals surface area contributed by atoms with E-state index < -0.39 is 10.1 Å². The molecular formula is C12H18O3S. The summed E-state index contributed by atoms with van der Waals surface area (Å²) in [6.45, 7) is 5.78. The molecule has 0 radical (unpaired) electrons. The molecule has 1 aromatic rings. The lowest BCUT2D eigenvalue weighted by molar-refractivity contribution is 0.165. The van der Waals surface area contributed by atoms with Crippen molar-refractivity contribution < 1.29 is 12.6 Å². The van der Waals surface area contributed by atoms with Gasteiger partial charge in [-0.2, -0.15) is 8.42 Å². The fourth-order valence-electron chi connectivity index (χ4n) is 1.27. The van der Waals surface area contributed by atoms with Gasteiger partial charge in [0.05, 0.1) is 11.0 Å². The molecule has 2 atom stereocenters. The van der Waals surface area contributed by atoms with Gasteiger partial charge < -0.3 is 0 Å². The molecule has 0 amide bonds. The molecule has 90 valence electrons. The summed E-state index contributed by atoms with van der Waals surface area (Å²) < 4.78 is 28.8. The van der Waals surface area contributed by atoms with Crippen molar-refractivity contribution >= 4 is 10.1 Å². The second-order valence-corrected chi connectivity index (χ2v) is 5.53. The third-order valence-electron chi connectivity index (χ3n) is 2.76. The van der Waals surface area contributed by atoms with Gasteiger partial charge in [-0.05, 0) is 25.0 Å². The van der Waals surface area contributed by atoms with Crippen molar-refractivity contribution in [2.24, 2.45) is 5.92 Å². The van der Waals surface area contributed by atoms with Gasteiger partial charge in [0.2, 0.25) is 0 Å². The molecule has 0 aliphatic carbocycles. The van der Waals surface area contributed by atoms with E-state index in [0.29, 0.717) is 0 Å². The normalized spacial score (nSPS) is 15.7. The first kappa shape index (κ1) is 13.2. The van der Waals surface area contributed by atoms with Crippen molar-refractivity contribution in [1.29, 1.82) is 0 Å². The van der Waals surface area contributed by atoms with Crippen molar-refractivity contribution in [3.05, 3.63) is 30.3 Å². The van der Waals surface area contributed by atoms with Gasteiger partial charge in [-0.3, -0.25) is 4.18 Å². The van der Waals surface area contributed by atoms with Gasteiger partial charge in [0.15, 0.2) is 0 Å². The van der Waals surface area contributed by atoms with E-state index in [2.05, 4.69) is 0 Å². The minimum Gasteiger partial charge on any atom is -0.263 e. The fourth-order valence-corrected chi connectivity index (χ4v) is 2.46. The molecule has 0 spiro atoms. The molecule has 4 heteroatoms. The molecule has 2 unspecified atom stereocenters. The number of hydrogen-bond acceptors (Lipinski definition) is 3. The molecule has 0 aromatic heterocycles. The maximum absolute atomic E-state index is 11.8. The third kappa shape index (κ3) is 3.32. The summed E-state index contributed by atoms with van der Waals surface area (Å²) in [7, 11) is -3.61. The second-order valence-electron chi connectivity index (χ2n) is 3.95. The number of hydrogen-bond donors (Lipinski definition) is 0. The smallest absolute Gasteiger partial charge is 0.263 e. The highest BCUT2D eigenvalue weighted by atomic mass is 32.2. The van der Waals surface area contributed by atoms with Crippen LogP contribution < -0.4 is 0 Å². The largest absolute Gasteiger partial charge is 0.297 e. The van der Waals surface area contributed by atoms with E-state index in [-0.39, 0.29) is 16.9 Å². The molecule has 0 heterocycles. The van der Waals surface area contributed by atoms with Gasteiger partial charge in [-0.1, -0.05) is 38.5 Å². The average Bonchev–Trinajstić information content (AvgIpc) is 2.28. The van der Waals surface area contributed by atoms with Crippen molar-refractivity contribution in [3.63, 3.8) is 0 Å². The van der Waals surface area contributed by atoms with Crippen LogP contribution in [0.15, 0.2) is 35.2 Å². The molecular weight excluding hydrogens is 224 g/mol. The summed E-state index contributed by atoms with van der Waals surface area (Å²) in [4.78, 5) is 0.213. The van der Waals surface area contributed by atoms with Crippen LogP contribution in [-0.4, -0.2) is 14.5 Å². The van der Waals surface area contributed by atoms with Crippen LogP contribution in [0.25, 0.3) is 0 Å². The maximum atomic E-state index is 11.8. The van der Waals surface area contributed by atoms with E-state index >= 15 is 0 Å². The van der Waals surface area contributed by atoms with Crippen molar-refractivity contribution in [2.45, 2.75) is 38.2 Å². The van der Waals surface area contributed by atoms with Crippen molar-refractivity contribution in [1.82, 2.24) is 0 Å². The minimum absolute atomic E-state index is 0.213. The van der Waals surface area contributed by atoms with Gasteiger partial charge in [-0.15, -0.1) is 0 Å². The summed E-state index contributed by atoms with van der Waals surface area (Å²) in [5.41, 5.74) is 0. The van der Waals surface area contributed by atoms with Crippen LogP contribution in [0.3, 0.4) is 0 Å². The van der Waals surface area contributed by atoms with Gasteiger partial charge in [-0.25, -0.2) is 0 Å². The summed E-state index contributed by atoms with van der Waals surface area (Å²) >= 11 is 0. The van der Waals surface area contributed by atoms with Crippen LogP contribution in [0, 0.1) is 5.92 Å². The van der Waals surface area contributed by atoms with E-state index in [1.807, 2.05) is 13.8 Å². The molecule has 16 heavy (non-hydrogen) atoms. The Bertz CT molecular complexity index is 411. The van der Waals surface area contributed by atoms with E-state index in [9.17, 15) is 8.42 Å². The lowest BCUT2D eigenvalue weighted by atomic mass is 10.0. The Balaban J connectivity index is 2.81. The molecule has 0 N–H and O–H groups in total. The Kier molecular flexibility index (Phi) is 4.50. The van der Waals surface area contributed by atoms with Crippen molar-refractivity contribution in [3.8, 4) is 0 Å². The Hall–Kier alpha value is -0.870. The Morgan fingerprint density at radius 2 is 1.75 bits per heavy atom. The van der Waals surface area contributed by atoms with Gasteiger partial charge >= 0.3 is 0 Å². The monoisotopic (exact) mass is 242 g/mol. The van der Waals surface area contributed by atoms with Gasteiger partial charge in [0.25, 0.3) is 10.1 Å². The Morgan fingerprint density at radius 3 is 2.25 bits per heavy atom. The SMILES string of the molecule is CCC(C)C(C)OS(=O)(=O)c1ccccc1. The zero-order valence-electron chi connectivity index (χ0n) is 9.88. The molecule has 3 nitrogen and oxygen atoms in total. The van der Waals surface area contributed by atoms with Crippen LogP contribution in [0.2, 0.25) is 0 Å². The number of rotatable bonds is 5. The molecule has 0 saturated carbocycles. The predicted octanol–water partition coefficient (Wildman–Crippen LogP) is 2.83. The summed E-state index contributed by atoms with van der Waals surface area (Å²) in [5, 5.41) is 0. The van der Waals surface area contributed by atoms with Crippen LogP contribution in [-0.2, 0) is 14.3 Å². The fraction of sp³-hybridized carbons (Fsp3) is 0.500. The average molecular weight is 242 g/mol. The van der Waals surface area contributed by atoms with Gasteiger partial charge in [0.1, 0.15) is 0 Å². The first-order chi connectivity index (χ1) is 7.47. The topological polar surface area (TPSA) is 43.4 Å². The minimum atomic E-state index is -3.61. The van der Waals surface area contributed by atoms with Gasteiger partial charge in [0, 0.05) is 0 Å².